The van der Waals surface area contributed by atoms with E-state index < -0.39 is 11.9 Å². The fourth-order valence-corrected chi connectivity index (χ4v) is 2.70. The second-order valence-corrected chi connectivity index (χ2v) is 5.21. The number of carbonyl (C=O) groups is 2. The van der Waals surface area contributed by atoms with Gasteiger partial charge in [-0.2, -0.15) is 0 Å². The van der Waals surface area contributed by atoms with Crippen LogP contribution in [0.4, 0.5) is 0 Å². The Morgan fingerprint density at radius 3 is 1.09 bits per heavy atom. The van der Waals surface area contributed by atoms with E-state index in [4.69, 9.17) is 0 Å². The third-order valence-electron chi connectivity index (χ3n) is 3.15. The third kappa shape index (κ3) is 16.6. The summed E-state index contributed by atoms with van der Waals surface area (Å²) in [4.78, 5) is 18.8. The summed E-state index contributed by atoms with van der Waals surface area (Å²) in [5, 5.41) is 18.8. The molecule has 5 nitrogen and oxygen atoms in total. The normalized spacial score (nSPS) is 10.5. The maximum Gasteiger partial charge on any atom is 1.00 e. The molecular formula is C16H30KNO4. The van der Waals surface area contributed by atoms with Gasteiger partial charge in [-0.15, -0.1) is 0 Å². The van der Waals surface area contributed by atoms with E-state index in [1.54, 1.807) is 0 Å². The predicted molar refractivity (Wildman–Crippen MR) is 80.0 cm³/mol. The van der Waals surface area contributed by atoms with Crippen LogP contribution in [0.15, 0.2) is 12.2 Å². The van der Waals surface area contributed by atoms with Crippen LogP contribution in [0.5, 0.6) is 0 Å². The number of quaternary nitrogens is 1. The molecule has 0 saturated carbocycles. The summed E-state index contributed by atoms with van der Waals surface area (Å²) in [7, 11) is 0. The van der Waals surface area contributed by atoms with Crippen LogP contribution < -0.4 is 61.6 Å². The predicted octanol–water partition coefficient (Wildman–Crippen LogP) is -2.51. The molecule has 0 amide bonds. The van der Waals surface area contributed by atoms with Crippen LogP contribution in [0.2, 0.25) is 0 Å². The number of hydrogen-bond donors (Lipinski definition) is 0. The minimum Gasteiger partial charge on any atom is -0.545 e. The van der Waals surface area contributed by atoms with Crippen molar-refractivity contribution in [1.29, 1.82) is 0 Å². The molecule has 0 rings (SSSR count). The Hall–Kier alpha value is 0.276. The number of rotatable bonds is 10. The van der Waals surface area contributed by atoms with Crippen molar-refractivity contribution in [3.05, 3.63) is 12.2 Å². The molecule has 0 spiro atoms. The largest absolute Gasteiger partial charge is 1.00 e. The van der Waals surface area contributed by atoms with Crippen LogP contribution >= 0.6 is 0 Å². The Labute approximate surface area is 177 Å². The third-order valence-corrected chi connectivity index (χ3v) is 3.15. The fourth-order valence-electron chi connectivity index (χ4n) is 2.70. The number of carbonyl (C=O) groups excluding carboxylic acids is 2. The first kappa shape index (κ1) is 27.1. The maximum absolute atomic E-state index is 9.41. The fraction of sp³-hybridized carbons (Fsp3) is 0.750. The van der Waals surface area contributed by atoms with E-state index in [-0.39, 0.29) is 51.4 Å². The zero-order valence-electron chi connectivity index (χ0n) is 14.9. The molecule has 0 aromatic carbocycles. The van der Waals surface area contributed by atoms with Crippen LogP contribution in [0, 0.1) is 0 Å². The summed E-state index contributed by atoms with van der Waals surface area (Å²) in [5.41, 5.74) is 0. The van der Waals surface area contributed by atoms with Crippen molar-refractivity contribution in [2.24, 2.45) is 0 Å². The summed E-state index contributed by atoms with van der Waals surface area (Å²) in [6, 6.07) is 0. The molecule has 0 aromatic heterocycles. The van der Waals surface area contributed by atoms with Crippen molar-refractivity contribution >= 4 is 11.9 Å². The van der Waals surface area contributed by atoms with Gasteiger partial charge in [-0.3, -0.25) is 0 Å². The molecule has 6 heteroatoms. The minimum atomic E-state index is -1.55. The van der Waals surface area contributed by atoms with E-state index in [0.717, 1.165) is 0 Å². The molecule has 0 aliphatic rings. The van der Waals surface area contributed by atoms with Gasteiger partial charge in [0.05, 0.1) is 38.1 Å². The van der Waals surface area contributed by atoms with Crippen molar-refractivity contribution in [2.75, 3.05) is 26.2 Å². The molecule has 0 aromatic rings. The van der Waals surface area contributed by atoms with Gasteiger partial charge in [0.15, 0.2) is 0 Å². The van der Waals surface area contributed by atoms with Gasteiger partial charge in [-0.25, -0.2) is 0 Å². The Kier molecular flexibility index (Phi) is 21.7. The van der Waals surface area contributed by atoms with Gasteiger partial charge in [0.1, 0.15) is 0 Å². The van der Waals surface area contributed by atoms with E-state index >= 15 is 0 Å². The van der Waals surface area contributed by atoms with Crippen molar-refractivity contribution < 1.29 is 75.7 Å². The number of carboxylic acids is 2. The van der Waals surface area contributed by atoms with Crippen molar-refractivity contribution in [3.8, 4) is 0 Å². The van der Waals surface area contributed by atoms with Crippen LogP contribution in [0.1, 0.15) is 53.4 Å². The number of aliphatic carboxylic acids is 2. The van der Waals surface area contributed by atoms with Gasteiger partial charge >= 0.3 is 51.4 Å². The summed E-state index contributed by atoms with van der Waals surface area (Å²) in [6.45, 7) is 14.8. The van der Waals surface area contributed by atoms with Crippen molar-refractivity contribution in [2.45, 2.75) is 53.4 Å². The molecule has 22 heavy (non-hydrogen) atoms. The molecule has 0 bridgehead atoms. The summed E-state index contributed by atoms with van der Waals surface area (Å²) in [6.07, 6.45) is 6.10. The van der Waals surface area contributed by atoms with Crippen LogP contribution in [0.3, 0.4) is 0 Å². The second-order valence-electron chi connectivity index (χ2n) is 5.21. The smallest absolute Gasteiger partial charge is 0.545 e. The van der Waals surface area contributed by atoms with Gasteiger partial charge in [0, 0.05) is 0 Å². The molecule has 0 fully saturated rings. The molecule has 0 atom stereocenters. The van der Waals surface area contributed by atoms with Gasteiger partial charge in [-0.05, 0) is 37.8 Å². The molecular weight excluding hydrogens is 309 g/mol. The molecule has 0 aliphatic heterocycles. The first-order chi connectivity index (χ1) is 9.87. The summed E-state index contributed by atoms with van der Waals surface area (Å²) >= 11 is 0. The van der Waals surface area contributed by atoms with Gasteiger partial charge < -0.3 is 24.3 Å². The molecule has 0 unspecified atom stereocenters. The summed E-state index contributed by atoms with van der Waals surface area (Å²) in [5.74, 6) is -3.09. The average Bonchev–Trinajstić information content (AvgIpc) is 2.38. The minimum absolute atomic E-state index is 0. The van der Waals surface area contributed by atoms with Crippen LogP contribution in [0.25, 0.3) is 0 Å². The topological polar surface area (TPSA) is 80.3 Å². The van der Waals surface area contributed by atoms with Crippen molar-refractivity contribution in [1.82, 2.24) is 0 Å². The van der Waals surface area contributed by atoms with Gasteiger partial charge in [0.25, 0.3) is 0 Å². The molecule has 124 valence electrons. The zero-order valence-corrected chi connectivity index (χ0v) is 18.0. The number of carboxylic acid groups (broad SMARTS) is 2. The van der Waals surface area contributed by atoms with Gasteiger partial charge in [-0.1, -0.05) is 27.7 Å². The Bertz CT molecular complexity index is 274. The van der Waals surface area contributed by atoms with E-state index in [2.05, 4.69) is 27.7 Å². The summed E-state index contributed by atoms with van der Waals surface area (Å²) < 4.78 is 1.38. The Morgan fingerprint density at radius 1 is 0.727 bits per heavy atom. The maximum atomic E-state index is 9.41. The Balaban J connectivity index is -0.000000348. The van der Waals surface area contributed by atoms with Gasteiger partial charge in [0.2, 0.25) is 0 Å². The zero-order chi connectivity index (χ0) is 16.7. The van der Waals surface area contributed by atoms with Crippen molar-refractivity contribution in [3.63, 3.8) is 0 Å². The van der Waals surface area contributed by atoms with Crippen LogP contribution in [-0.2, 0) is 9.59 Å². The quantitative estimate of drug-likeness (QED) is 0.250. The van der Waals surface area contributed by atoms with E-state index in [9.17, 15) is 19.8 Å². The standard InChI is InChI=1S/C12H28N.C4H4O4.K/c1-5-9-13(10-6-2,11-7-3)12-8-4;5-3(6)1-2-4(7)8;/h5-12H2,1-4H3;1-2H,(H,5,6)(H,7,8);/q+1;;+1/p-2. The average molecular weight is 340 g/mol. The van der Waals surface area contributed by atoms with E-state index in [1.165, 1.54) is 56.3 Å². The van der Waals surface area contributed by atoms with E-state index in [0.29, 0.717) is 12.2 Å². The first-order valence-electron chi connectivity index (χ1n) is 7.82. The molecule has 0 aliphatic carbocycles. The number of nitrogens with zero attached hydrogens (tertiary/aromatic N) is 1. The van der Waals surface area contributed by atoms with E-state index in [1.807, 2.05) is 0 Å². The molecule has 0 N–H and O–H groups in total. The monoisotopic (exact) mass is 339 g/mol. The SMILES string of the molecule is CCC[N+](CCC)(CCC)CCC.O=C([O-])C=CC(=O)[O-].[K+]. The second kappa shape index (κ2) is 17.6. The molecule has 0 radical (unpaired) electrons. The molecule has 0 saturated heterocycles. The first-order valence-corrected chi connectivity index (χ1v) is 7.82. The Morgan fingerprint density at radius 2 is 0.955 bits per heavy atom. The number of hydrogen-bond acceptors (Lipinski definition) is 4. The molecule has 0 heterocycles. The van der Waals surface area contributed by atoms with Crippen LogP contribution in [-0.4, -0.2) is 42.6 Å².